The van der Waals surface area contributed by atoms with Gasteiger partial charge in [0.15, 0.2) is 0 Å². The number of ether oxygens (including phenoxy) is 1. The fraction of sp³-hybridized carbons (Fsp3) is 0.696. The lowest BCUT2D eigenvalue weighted by atomic mass is 9.95. The van der Waals surface area contributed by atoms with Gasteiger partial charge in [-0.1, -0.05) is 50.1 Å². The Morgan fingerprint density at radius 1 is 0.857 bits per heavy atom. The van der Waals surface area contributed by atoms with Crippen molar-refractivity contribution in [3.05, 3.63) is 24.3 Å². The van der Waals surface area contributed by atoms with E-state index in [0.717, 1.165) is 56.9 Å². The first-order valence-corrected chi connectivity index (χ1v) is 11.2. The first-order valence-electron chi connectivity index (χ1n) is 11.2. The Morgan fingerprint density at radius 2 is 1.46 bits per heavy atom. The van der Waals surface area contributed by atoms with E-state index in [1.165, 1.54) is 50.6 Å². The Labute approximate surface area is 170 Å². The molecule has 1 N–H and O–H groups in total. The molecule has 1 aromatic carbocycles. The summed E-state index contributed by atoms with van der Waals surface area (Å²) >= 11 is 0. The van der Waals surface area contributed by atoms with E-state index in [-0.39, 0.29) is 0 Å². The lowest BCUT2D eigenvalue weighted by molar-refractivity contribution is 0.208. The minimum Gasteiger partial charge on any atom is -0.497 e. The molecule has 5 heteroatoms. The van der Waals surface area contributed by atoms with Crippen LogP contribution in [-0.4, -0.2) is 55.1 Å². The highest BCUT2D eigenvalue weighted by Gasteiger charge is 2.27. The van der Waals surface area contributed by atoms with E-state index >= 15 is 0 Å². The quantitative estimate of drug-likeness (QED) is 0.590. The van der Waals surface area contributed by atoms with E-state index in [9.17, 15) is 5.21 Å². The second-order valence-electron chi connectivity index (χ2n) is 8.20. The average molecular weight is 388 g/mol. The average Bonchev–Trinajstić information content (AvgIpc) is 2.74. The number of rotatable bonds is 3. The molecule has 1 saturated carbocycles. The largest absolute Gasteiger partial charge is 0.497 e. The number of methoxy groups -OCH3 is 1. The molecule has 1 aromatic rings. The van der Waals surface area contributed by atoms with Gasteiger partial charge in [0.25, 0.3) is 0 Å². The van der Waals surface area contributed by atoms with Crippen LogP contribution in [0.3, 0.4) is 0 Å². The van der Waals surface area contributed by atoms with Crippen LogP contribution in [0.4, 0.5) is 5.69 Å². The van der Waals surface area contributed by atoms with Gasteiger partial charge in [-0.3, -0.25) is 4.90 Å². The molecule has 0 amide bonds. The fourth-order valence-corrected chi connectivity index (χ4v) is 4.63. The summed E-state index contributed by atoms with van der Waals surface area (Å²) in [5.41, 5.74) is 2.27. The Morgan fingerprint density at radius 3 is 2.07 bits per heavy atom. The maximum absolute atomic E-state index is 9.72. The van der Waals surface area contributed by atoms with Crippen LogP contribution >= 0.6 is 0 Å². The molecule has 156 valence electrons. The second-order valence-corrected chi connectivity index (χ2v) is 8.20. The van der Waals surface area contributed by atoms with Gasteiger partial charge in [0.1, 0.15) is 5.75 Å². The minimum atomic E-state index is 0.308. The van der Waals surface area contributed by atoms with Crippen molar-refractivity contribution < 1.29 is 9.94 Å². The van der Waals surface area contributed by atoms with Crippen molar-refractivity contribution in [2.45, 2.75) is 70.3 Å². The predicted molar refractivity (Wildman–Crippen MR) is 116 cm³/mol. The van der Waals surface area contributed by atoms with Crippen molar-refractivity contribution in [1.82, 2.24) is 4.90 Å². The lowest BCUT2D eigenvalue weighted by Gasteiger charge is -2.40. The molecule has 2 fully saturated rings. The summed E-state index contributed by atoms with van der Waals surface area (Å²) < 4.78 is 5.27. The van der Waals surface area contributed by atoms with Crippen molar-refractivity contribution >= 4 is 11.4 Å². The van der Waals surface area contributed by atoms with Gasteiger partial charge in [-0.25, -0.2) is 0 Å². The summed E-state index contributed by atoms with van der Waals surface area (Å²) in [5.74, 6) is 0.902. The van der Waals surface area contributed by atoms with E-state index in [1.54, 1.807) is 7.11 Å². The van der Waals surface area contributed by atoms with Gasteiger partial charge in [0, 0.05) is 31.9 Å². The van der Waals surface area contributed by atoms with E-state index in [2.05, 4.69) is 27.1 Å². The van der Waals surface area contributed by atoms with Crippen molar-refractivity contribution in [3.8, 4) is 5.75 Å². The van der Waals surface area contributed by atoms with Gasteiger partial charge < -0.3 is 14.8 Å². The molecular formula is C23H37N3O2. The number of benzene rings is 1. The van der Waals surface area contributed by atoms with Crippen LogP contribution in [0, 0.1) is 0 Å². The zero-order chi connectivity index (χ0) is 19.6. The van der Waals surface area contributed by atoms with Crippen LogP contribution in [0.25, 0.3) is 0 Å². The molecule has 0 aromatic heterocycles. The van der Waals surface area contributed by atoms with Gasteiger partial charge in [-0.2, -0.15) is 0 Å². The maximum Gasteiger partial charge on any atom is 0.119 e. The molecule has 0 bridgehead atoms. The number of hydrogen-bond donors (Lipinski definition) is 1. The van der Waals surface area contributed by atoms with Crippen LogP contribution in [0.5, 0.6) is 5.75 Å². The normalized spacial score (nSPS) is 25.1. The van der Waals surface area contributed by atoms with E-state index in [1.807, 2.05) is 12.1 Å². The molecule has 1 heterocycles. The van der Waals surface area contributed by atoms with E-state index in [0.29, 0.717) is 6.04 Å². The SMILES string of the molecule is COc1ccc(N2CCN(C3CCCCCCCCCCC3=NO)CC2)cc1. The number of hydrogen-bond acceptors (Lipinski definition) is 5. The third-order valence-electron chi connectivity index (χ3n) is 6.37. The van der Waals surface area contributed by atoms with Crippen LogP contribution < -0.4 is 9.64 Å². The Kier molecular flexibility index (Phi) is 8.46. The monoisotopic (exact) mass is 387 g/mol. The molecule has 3 rings (SSSR count). The molecule has 1 unspecified atom stereocenters. The van der Waals surface area contributed by atoms with Gasteiger partial charge in [-0.15, -0.1) is 0 Å². The third kappa shape index (κ3) is 5.87. The highest BCUT2D eigenvalue weighted by molar-refractivity contribution is 5.89. The van der Waals surface area contributed by atoms with Crippen molar-refractivity contribution in [1.29, 1.82) is 0 Å². The number of piperazine rings is 1. The molecule has 1 atom stereocenters. The van der Waals surface area contributed by atoms with Gasteiger partial charge in [0.05, 0.1) is 18.9 Å². The summed E-state index contributed by atoms with van der Waals surface area (Å²) in [6.45, 7) is 4.08. The first-order chi connectivity index (χ1) is 13.8. The third-order valence-corrected chi connectivity index (χ3v) is 6.37. The molecule has 1 saturated heterocycles. The maximum atomic E-state index is 9.72. The van der Waals surface area contributed by atoms with E-state index in [4.69, 9.17) is 4.74 Å². The van der Waals surface area contributed by atoms with Crippen molar-refractivity contribution in [2.75, 3.05) is 38.2 Å². The fourth-order valence-electron chi connectivity index (χ4n) is 4.63. The molecule has 2 aliphatic rings. The van der Waals surface area contributed by atoms with Gasteiger partial charge in [0.2, 0.25) is 0 Å². The van der Waals surface area contributed by atoms with Gasteiger partial charge in [-0.05, 0) is 43.5 Å². The topological polar surface area (TPSA) is 48.3 Å². The van der Waals surface area contributed by atoms with Crippen LogP contribution in [0.1, 0.15) is 64.2 Å². The number of anilines is 1. The Bertz CT molecular complexity index is 594. The number of oxime groups is 1. The summed E-state index contributed by atoms with van der Waals surface area (Å²) in [7, 11) is 1.71. The standard InChI is InChI=1S/C23H37N3O2/c1-28-21-14-12-20(13-15-21)25-16-18-26(19-17-25)23-11-9-7-5-3-2-4-6-8-10-22(23)24-27/h12-15,23,27H,2-11,16-19H2,1H3. The number of nitrogens with zero attached hydrogens (tertiary/aromatic N) is 3. The molecule has 5 nitrogen and oxygen atoms in total. The minimum absolute atomic E-state index is 0.308. The molecule has 0 spiro atoms. The van der Waals surface area contributed by atoms with Crippen LogP contribution in [0.15, 0.2) is 29.4 Å². The smallest absolute Gasteiger partial charge is 0.119 e. The highest BCUT2D eigenvalue weighted by atomic mass is 16.5. The zero-order valence-electron chi connectivity index (χ0n) is 17.5. The molecular weight excluding hydrogens is 350 g/mol. The molecule has 1 aliphatic carbocycles. The molecule has 0 radical (unpaired) electrons. The predicted octanol–water partition coefficient (Wildman–Crippen LogP) is 4.93. The Hall–Kier alpha value is -1.75. The van der Waals surface area contributed by atoms with Gasteiger partial charge >= 0.3 is 0 Å². The lowest BCUT2D eigenvalue weighted by Crippen LogP contribution is -2.52. The summed E-state index contributed by atoms with van der Waals surface area (Å²) in [6.07, 6.45) is 12.5. The second kappa shape index (κ2) is 11.3. The zero-order valence-corrected chi connectivity index (χ0v) is 17.5. The van der Waals surface area contributed by atoms with Crippen molar-refractivity contribution in [2.24, 2.45) is 5.16 Å². The summed E-state index contributed by atoms with van der Waals surface area (Å²) in [6, 6.07) is 8.66. The Balaban J connectivity index is 1.59. The summed E-state index contributed by atoms with van der Waals surface area (Å²) in [4.78, 5) is 5.00. The molecule has 28 heavy (non-hydrogen) atoms. The first kappa shape index (κ1) is 21.0. The van der Waals surface area contributed by atoms with E-state index < -0.39 is 0 Å². The molecule has 1 aliphatic heterocycles. The highest BCUT2D eigenvalue weighted by Crippen LogP contribution is 2.24. The van der Waals surface area contributed by atoms with Crippen molar-refractivity contribution in [3.63, 3.8) is 0 Å². The van der Waals surface area contributed by atoms with Crippen LogP contribution in [-0.2, 0) is 0 Å². The van der Waals surface area contributed by atoms with Crippen LogP contribution in [0.2, 0.25) is 0 Å². The summed E-state index contributed by atoms with van der Waals surface area (Å²) in [5, 5.41) is 13.5.